The molecule has 12 heteroatoms. The molecule has 2 aromatic rings. The molecule has 0 heterocycles. The number of phenolic OH excluding ortho intramolecular Hbond substituents is 2. The molecule has 0 aromatic heterocycles. The van der Waals surface area contributed by atoms with Crippen molar-refractivity contribution >= 4 is 57.7 Å². The fraction of sp³-hybridized carbons (Fsp3) is 0.400. The number of carbonyl (C=O) groups excluding carboxylic acids is 3. The normalized spacial score (nSPS) is 13.3. The van der Waals surface area contributed by atoms with E-state index in [0.29, 0.717) is 40.4 Å². The number of rotatable bonds is 11. The number of ether oxygens (including phenoxy) is 1. The van der Waals surface area contributed by atoms with Gasteiger partial charge >= 0.3 is 5.97 Å². The van der Waals surface area contributed by atoms with Crippen LogP contribution in [-0.4, -0.2) is 76.8 Å². The van der Waals surface area contributed by atoms with Gasteiger partial charge in [-0.15, -0.1) is 10.9 Å². The molecule has 0 fully saturated rings. The van der Waals surface area contributed by atoms with Crippen LogP contribution < -0.4 is 32.8 Å². The molecule has 2 unspecified atom stereocenters. The topological polar surface area (TPSA) is 151 Å². The Kier molecular flexibility index (Phi) is 10.7. The number of nitrogens with two attached hydrogens (primary N) is 1. The molecular formula is C25H30B3N3O6. The summed E-state index contributed by atoms with van der Waals surface area (Å²) in [6.07, 6.45) is 1.11. The maximum Gasteiger partial charge on any atom is 0.328 e. The number of amides is 2. The van der Waals surface area contributed by atoms with Gasteiger partial charge in [0.05, 0.1) is 13.2 Å². The minimum atomic E-state index is -1.05. The molecule has 9 nitrogen and oxygen atoms in total. The highest BCUT2D eigenvalue weighted by molar-refractivity contribution is 6.51. The zero-order valence-corrected chi connectivity index (χ0v) is 21.2. The molecular weight excluding hydrogens is 471 g/mol. The lowest BCUT2D eigenvalue weighted by Crippen LogP contribution is -2.54. The molecule has 0 saturated heterocycles. The molecule has 0 aliphatic rings. The lowest BCUT2D eigenvalue weighted by Gasteiger charge is -2.23. The summed E-state index contributed by atoms with van der Waals surface area (Å²) in [6, 6.07) is 2.84. The minimum absolute atomic E-state index is 0.0467. The van der Waals surface area contributed by atoms with Crippen LogP contribution in [0.1, 0.15) is 36.5 Å². The largest absolute Gasteiger partial charge is 0.504 e. The second-order valence-corrected chi connectivity index (χ2v) is 8.92. The van der Waals surface area contributed by atoms with Gasteiger partial charge in [0.15, 0.2) is 11.5 Å². The summed E-state index contributed by atoms with van der Waals surface area (Å²) in [6.45, 7) is 3.23. The summed E-state index contributed by atoms with van der Waals surface area (Å²) in [5, 5.41) is 24.3. The number of aryl methyl sites for hydroxylation is 1. The van der Waals surface area contributed by atoms with E-state index in [1.165, 1.54) is 32.2 Å². The Morgan fingerprint density at radius 2 is 1.70 bits per heavy atom. The van der Waals surface area contributed by atoms with Crippen molar-refractivity contribution in [3.63, 3.8) is 0 Å². The van der Waals surface area contributed by atoms with E-state index in [9.17, 15) is 24.6 Å². The van der Waals surface area contributed by atoms with Crippen LogP contribution >= 0.6 is 0 Å². The molecule has 3 atom stereocenters. The van der Waals surface area contributed by atoms with Gasteiger partial charge in [-0.3, -0.25) is 9.59 Å². The van der Waals surface area contributed by atoms with Crippen molar-refractivity contribution in [1.82, 2.24) is 10.6 Å². The van der Waals surface area contributed by atoms with Gasteiger partial charge < -0.3 is 31.3 Å². The van der Waals surface area contributed by atoms with Gasteiger partial charge in [-0.05, 0) is 57.2 Å². The van der Waals surface area contributed by atoms with Gasteiger partial charge in [-0.1, -0.05) is 28.7 Å². The Bertz CT molecular complexity index is 1160. The molecule has 0 aliphatic carbocycles. The van der Waals surface area contributed by atoms with Crippen molar-refractivity contribution in [3.05, 3.63) is 41.0 Å². The number of hydrogen-bond acceptors (Lipinski definition) is 7. The highest BCUT2D eigenvalue weighted by atomic mass is 16.5. The molecule has 0 saturated carbocycles. The molecule has 6 radical (unpaired) electrons. The van der Waals surface area contributed by atoms with Crippen molar-refractivity contribution in [2.45, 2.75) is 57.7 Å². The van der Waals surface area contributed by atoms with E-state index in [-0.39, 0.29) is 24.3 Å². The van der Waals surface area contributed by atoms with E-state index in [0.717, 1.165) is 5.56 Å². The first-order valence-corrected chi connectivity index (χ1v) is 11.7. The third kappa shape index (κ3) is 8.05. The van der Waals surface area contributed by atoms with Crippen LogP contribution in [0.4, 0.5) is 0 Å². The Hall–Kier alpha value is -3.40. The number of esters is 1. The minimum Gasteiger partial charge on any atom is -0.504 e. The first-order valence-electron chi connectivity index (χ1n) is 11.7. The maximum absolute atomic E-state index is 12.9. The molecule has 190 valence electrons. The van der Waals surface area contributed by atoms with Crippen LogP contribution in [0.2, 0.25) is 0 Å². The fourth-order valence-electron chi connectivity index (χ4n) is 3.75. The van der Waals surface area contributed by atoms with Gasteiger partial charge in [0.2, 0.25) is 11.8 Å². The van der Waals surface area contributed by atoms with Crippen molar-refractivity contribution < 1.29 is 29.3 Å². The first-order chi connectivity index (χ1) is 17.3. The lowest BCUT2D eigenvalue weighted by atomic mass is 9.70. The predicted octanol–water partition coefficient (Wildman–Crippen LogP) is -2.16. The van der Waals surface area contributed by atoms with Crippen LogP contribution in [0.15, 0.2) is 24.3 Å². The second kappa shape index (κ2) is 13.2. The molecule has 2 aromatic carbocycles. The van der Waals surface area contributed by atoms with Crippen molar-refractivity contribution in [2.24, 2.45) is 5.73 Å². The zero-order chi connectivity index (χ0) is 27.9. The smallest absolute Gasteiger partial charge is 0.328 e. The average molecular weight is 501 g/mol. The number of carbonyl (C=O) groups is 3. The molecule has 0 bridgehead atoms. The van der Waals surface area contributed by atoms with E-state index >= 15 is 0 Å². The van der Waals surface area contributed by atoms with Crippen LogP contribution in [0.25, 0.3) is 0 Å². The number of nitrogens with one attached hydrogen (secondary N) is 2. The Labute approximate surface area is 220 Å². The molecule has 2 amide bonds. The summed E-state index contributed by atoms with van der Waals surface area (Å²) < 4.78 is 4.64. The summed E-state index contributed by atoms with van der Waals surface area (Å²) in [7, 11) is 19.4. The lowest BCUT2D eigenvalue weighted by molar-refractivity contribution is -0.144. The number of aromatic hydroxyl groups is 2. The highest BCUT2D eigenvalue weighted by Crippen LogP contribution is 2.25. The van der Waals surface area contributed by atoms with Crippen molar-refractivity contribution in [1.29, 1.82) is 0 Å². The highest BCUT2D eigenvalue weighted by Gasteiger charge is 2.26. The quantitative estimate of drug-likeness (QED) is 0.134. The molecule has 6 N–H and O–H groups in total. The summed E-state index contributed by atoms with van der Waals surface area (Å²) >= 11 is 0. The van der Waals surface area contributed by atoms with Gasteiger partial charge in [0.1, 0.15) is 35.6 Å². The average Bonchev–Trinajstić information content (AvgIpc) is 2.86. The van der Waals surface area contributed by atoms with Crippen LogP contribution in [0.5, 0.6) is 11.5 Å². The van der Waals surface area contributed by atoms with Crippen LogP contribution in [-0.2, 0) is 32.0 Å². The number of benzene rings is 2. The standard InChI is InChI=1S/C25H30B3N3O6/c1-12-16(26)11-15(22(28)21(12)27)5-4-6-18(24(35)30-13(2)25(36)37-3)31-23(34)17(29)9-14-7-8-19(32)20(33)10-14/h7-8,10-11,13,17-18,32-33H,4-6,9,29H2,1-3H3,(H,30,35)(H,31,34)/t13?,17-,18?/m0/s1. The molecule has 37 heavy (non-hydrogen) atoms. The second-order valence-electron chi connectivity index (χ2n) is 8.92. The zero-order valence-electron chi connectivity index (χ0n) is 21.2. The molecule has 0 aliphatic heterocycles. The molecule has 0 spiro atoms. The van der Waals surface area contributed by atoms with Gasteiger partial charge in [-0.25, -0.2) is 4.79 Å². The number of hydrogen-bond donors (Lipinski definition) is 5. The van der Waals surface area contributed by atoms with Crippen LogP contribution in [0, 0.1) is 6.92 Å². The van der Waals surface area contributed by atoms with Crippen LogP contribution in [0.3, 0.4) is 0 Å². The van der Waals surface area contributed by atoms with E-state index in [1.807, 2.05) is 0 Å². The monoisotopic (exact) mass is 501 g/mol. The van der Waals surface area contributed by atoms with Crippen molar-refractivity contribution in [3.8, 4) is 11.5 Å². The SMILES string of the molecule is [B]c1cc(CCCC(NC(=O)[C@@H](N)Cc2ccc(O)c(O)c2)C(=O)NC(C)C(=O)OC)c([B])c([B])c1C. The fourth-order valence-corrected chi connectivity index (χ4v) is 3.75. The van der Waals surface area contributed by atoms with Crippen molar-refractivity contribution in [2.75, 3.05) is 7.11 Å². The van der Waals surface area contributed by atoms with E-state index in [1.54, 1.807) is 13.0 Å². The third-order valence-electron chi connectivity index (χ3n) is 6.12. The maximum atomic E-state index is 12.9. The summed E-state index contributed by atoms with van der Waals surface area (Å²) in [5.41, 5.74) is 9.28. The Morgan fingerprint density at radius 3 is 2.32 bits per heavy atom. The Balaban J connectivity index is 2.13. The van der Waals surface area contributed by atoms with Gasteiger partial charge in [-0.2, -0.15) is 0 Å². The van der Waals surface area contributed by atoms with Gasteiger partial charge in [0.25, 0.3) is 0 Å². The van der Waals surface area contributed by atoms with E-state index < -0.39 is 35.9 Å². The number of methoxy groups -OCH3 is 1. The molecule has 2 rings (SSSR count). The first kappa shape index (κ1) is 29.8. The van der Waals surface area contributed by atoms with Gasteiger partial charge in [0, 0.05) is 0 Å². The Morgan fingerprint density at radius 1 is 1.03 bits per heavy atom. The number of phenols is 2. The van der Waals surface area contributed by atoms with E-state index in [2.05, 4.69) is 15.4 Å². The summed E-state index contributed by atoms with van der Waals surface area (Å²) in [4.78, 5) is 37.5. The third-order valence-corrected chi connectivity index (χ3v) is 6.12. The van der Waals surface area contributed by atoms with E-state index in [4.69, 9.17) is 29.3 Å². The predicted molar refractivity (Wildman–Crippen MR) is 143 cm³/mol. The summed E-state index contributed by atoms with van der Waals surface area (Å²) in [5.74, 6) is -2.47.